The van der Waals surface area contributed by atoms with Crippen molar-refractivity contribution in [2.45, 2.75) is 19.4 Å². The van der Waals surface area contributed by atoms with Crippen LogP contribution >= 0.6 is 23.2 Å². The molecule has 0 aromatic heterocycles. The zero-order chi connectivity index (χ0) is 14.3. The average molecular weight is 305 g/mol. The van der Waals surface area contributed by atoms with Gasteiger partial charge in [0.05, 0.1) is 15.7 Å². The number of hydrogen-bond acceptors (Lipinski definition) is 3. The lowest BCUT2D eigenvalue weighted by atomic mass is 10.2. The minimum atomic E-state index is -0.417. The van der Waals surface area contributed by atoms with Crippen LogP contribution in [0.5, 0.6) is 0 Å². The largest absolute Gasteiger partial charge is 0.385 e. The molecule has 0 radical (unpaired) electrons. The lowest BCUT2D eigenvalue weighted by Crippen LogP contribution is -2.38. The second kappa shape index (κ2) is 8.25. The first-order valence-corrected chi connectivity index (χ1v) is 6.79. The molecule has 1 unspecified atom stereocenters. The zero-order valence-corrected chi connectivity index (χ0v) is 12.5. The predicted octanol–water partition coefficient (Wildman–Crippen LogP) is 2.95. The van der Waals surface area contributed by atoms with Crippen molar-refractivity contribution in [3.8, 4) is 0 Å². The van der Waals surface area contributed by atoms with Gasteiger partial charge in [0.25, 0.3) is 0 Å². The molecule has 0 aliphatic heterocycles. The highest BCUT2D eigenvalue weighted by Crippen LogP contribution is 2.30. The minimum absolute atomic E-state index is 0.105. The van der Waals surface area contributed by atoms with Crippen LogP contribution in [0.2, 0.25) is 10.0 Å². The van der Waals surface area contributed by atoms with Gasteiger partial charge in [0.1, 0.15) is 6.04 Å². The third-order valence-electron chi connectivity index (χ3n) is 2.54. The van der Waals surface area contributed by atoms with Crippen molar-refractivity contribution in [1.29, 1.82) is 0 Å². The number of carbonyl (C=O) groups is 1. The number of benzene rings is 1. The fourth-order valence-corrected chi connectivity index (χ4v) is 2.01. The summed E-state index contributed by atoms with van der Waals surface area (Å²) in [6, 6.07) is 4.78. The molecule has 1 aromatic rings. The summed E-state index contributed by atoms with van der Waals surface area (Å²) in [4.78, 5) is 11.8. The highest BCUT2D eigenvalue weighted by molar-refractivity contribution is 6.39. The minimum Gasteiger partial charge on any atom is -0.385 e. The van der Waals surface area contributed by atoms with E-state index in [1.807, 2.05) is 0 Å². The van der Waals surface area contributed by atoms with Gasteiger partial charge in [-0.3, -0.25) is 4.79 Å². The van der Waals surface area contributed by atoms with Gasteiger partial charge in [-0.05, 0) is 25.5 Å². The Morgan fingerprint density at radius 2 is 2.00 bits per heavy atom. The zero-order valence-electron chi connectivity index (χ0n) is 11.0. The molecule has 106 valence electrons. The Hall–Kier alpha value is -0.970. The maximum absolute atomic E-state index is 11.8. The van der Waals surface area contributed by atoms with Crippen LogP contribution in [0.25, 0.3) is 0 Å². The number of ether oxygens (including phenoxy) is 1. The number of halogens is 2. The van der Waals surface area contributed by atoms with E-state index in [4.69, 9.17) is 27.9 Å². The van der Waals surface area contributed by atoms with E-state index in [0.717, 1.165) is 6.42 Å². The molecule has 0 spiro atoms. The molecule has 4 nitrogen and oxygen atoms in total. The lowest BCUT2D eigenvalue weighted by molar-refractivity contribution is -0.121. The van der Waals surface area contributed by atoms with Gasteiger partial charge in [-0.25, -0.2) is 0 Å². The maximum Gasteiger partial charge on any atom is 0.242 e. The molecule has 1 amide bonds. The summed E-state index contributed by atoms with van der Waals surface area (Å²) >= 11 is 12.1. The fraction of sp³-hybridized carbons (Fsp3) is 0.462. The number of hydrogen-bond donors (Lipinski definition) is 2. The van der Waals surface area contributed by atoms with Crippen LogP contribution < -0.4 is 10.6 Å². The number of methoxy groups -OCH3 is 1. The number of rotatable bonds is 7. The van der Waals surface area contributed by atoms with Gasteiger partial charge < -0.3 is 15.4 Å². The van der Waals surface area contributed by atoms with Crippen LogP contribution in [0.4, 0.5) is 5.69 Å². The van der Waals surface area contributed by atoms with Crippen LogP contribution in [0.1, 0.15) is 13.3 Å². The van der Waals surface area contributed by atoms with Gasteiger partial charge in [0.2, 0.25) is 5.91 Å². The first-order valence-electron chi connectivity index (χ1n) is 6.03. The molecule has 1 aromatic carbocycles. The second-order valence-corrected chi connectivity index (χ2v) is 4.91. The standard InChI is InChI=1S/C13H18Cl2N2O2/c1-9(13(18)16-7-4-8-19-2)17-12-10(14)5-3-6-11(12)15/h3,5-6,9,17H,4,7-8H2,1-2H3,(H,16,18). The quantitative estimate of drug-likeness (QED) is 0.762. The van der Waals surface area contributed by atoms with Gasteiger partial charge in [-0.15, -0.1) is 0 Å². The van der Waals surface area contributed by atoms with E-state index in [2.05, 4.69) is 10.6 Å². The van der Waals surface area contributed by atoms with Gasteiger partial charge in [-0.1, -0.05) is 29.3 Å². The Morgan fingerprint density at radius 1 is 1.37 bits per heavy atom. The summed E-state index contributed by atoms with van der Waals surface area (Å²) in [6.07, 6.45) is 0.780. The van der Waals surface area contributed by atoms with Crippen molar-refractivity contribution in [3.05, 3.63) is 28.2 Å². The molecule has 1 atom stereocenters. The fourth-order valence-electron chi connectivity index (χ4n) is 1.50. The molecule has 0 heterocycles. The summed E-state index contributed by atoms with van der Waals surface area (Å²) in [6.45, 7) is 2.96. The Balaban J connectivity index is 2.50. The third kappa shape index (κ3) is 5.27. The number of carbonyl (C=O) groups excluding carboxylic acids is 1. The molecule has 0 aliphatic rings. The molecule has 0 bridgehead atoms. The Kier molecular flexibility index (Phi) is 6.99. The smallest absolute Gasteiger partial charge is 0.242 e. The van der Waals surface area contributed by atoms with Crippen LogP contribution in [-0.4, -0.2) is 32.2 Å². The monoisotopic (exact) mass is 304 g/mol. The molecule has 19 heavy (non-hydrogen) atoms. The summed E-state index contributed by atoms with van der Waals surface area (Å²) in [5.74, 6) is -0.105. The van der Waals surface area contributed by atoms with Crippen molar-refractivity contribution in [3.63, 3.8) is 0 Å². The van der Waals surface area contributed by atoms with Crippen molar-refractivity contribution in [2.24, 2.45) is 0 Å². The van der Waals surface area contributed by atoms with Crippen molar-refractivity contribution in [2.75, 3.05) is 25.6 Å². The molecule has 2 N–H and O–H groups in total. The van der Waals surface area contributed by atoms with E-state index >= 15 is 0 Å². The predicted molar refractivity (Wildman–Crippen MR) is 79.0 cm³/mol. The normalized spacial score (nSPS) is 12.0. The molecular weight excluding hydrogens is 287 g/mol. The summed E-state index contributed by atoms with van der Waals surface area (Å²) in [7, 11) is 1.63. The van der Waals surface area contributed by atoms with Gasteiger partial charge in [0, 0.05) is 20.3 Å². The molecule has 0 saturated carbocycles. The van der Waals surface area contributed by atoms with E-state index in [0.29, 0.717) is 28.9 Å². The van der Waals surface area contributed by atoms with E-state index in [9.17, 15) is 4.79 Å². The van der Waals surface area contributed by atoms with Crippen molar-refractivity contribution in [1.82, 2.24) is 5.32 Å². The number of para-hydroxylation sites is 1. The Labute approximate surface area is 123 Å². The number of anilines is 1. The third-order valence-corrected chi connectivity index (χ3v) is 3.17. The molecule has 0 aliphatic carbocycles. The van der Waals surface area contributed by atoms with E-state index in [1.54, 1.807) is 32.2 Å². The van der Waals surface area contributed by atoms with Gasteiger partial charge >= 0.3 is 0 Å². The van der Waals surface area contributed by atoms with Gasteiger partial charge in [-0.2, -0.15) is 0 Å². The first-order chi connectivity index (χ1) is 9.06. The summed E-state index contributed by atoms with van der Waals surface area (Å²) < 4.78 is 4.91. The van der Waals surface area contributed by atoms with E-state index in [-0.39, 0.29) is 5.91 Å². The van der Waals surface area contributed by atoms with Crippen LogP contribution in [-0.2, 0) is 9.53 Å². The van der Waals surface area contributed by atoms with Crippen LogP contribution in [0.15, 0.2) is 18.2 Å². The maximum atomic E-state index is 11.8. The molecule has 6 heteroatoms. The average Bonchev–Trinajstić information content (AvgIpc) is 2.38. The Bertz CT molecular complexity index is 407. The Morgan fingerprint density at radius 3 is 2.58 bits per heavy atom. The molecule has 0 fully saturated rings. The highest BCUT2D eigenvalue weighted by atomic mass is 35.5. The lowest BCUT2D eigenvalue weighted by Gasteiger charge is -2.17. The second-order valence-electron chi connectivity index (χ2n) is 4.10. The molecule has 0 saturated heterocycles. The summed E-state index contributed by atoms with van der Waals surface area (Å²) in [5.41, 5.74) is 0.574. The van der Waals surface area contributed by atoms with Gasteiger partial charge in [0.15, 0.2) is 0 Å². The molecular formula is C13H18Cl2N2O2. The SMILES string of the molecule is COCCCNC(=O)C(C)Nc1c(Cl)cccc1Cl. The summed E-state index contributed by atoms with van der Waals surface area (Å²) in [5, 5.41) is 6.81. The van der Waals surface area contributed by atoms with Crippen LogP contribution in [0, 0.1) is 0 Å². The van der Waals surface area contributed by atoms with Crippen LogP contribution in [0.3, 0.4) is 0 Å². The van der Waals surface area contributed by atoms with Crippen molar-refractivity contribution < 1.29 is 9.53 Å². The van der Waals surface area contributed by atoms with E-state index < -0.39 is 6.04 Å². The first kappa shape index (κ1) is 16.1. The topological polar surface area (TPSA) is 50.4 Å². The van der Waals surface area contributed by atoms with E-state index in [1.165, 1.54) is 0 Å². The number of amides is 1. The molecule has 1 rings (SSSR count). The highest BCUT2D eigenvalue weighted by Gasteiger charge is 2.15. The van der Waals surface area contributed by atoms with Crippen molar-refractivity contribution >= 4 is 34.8 Å². The number of nitrogens with one attached hydrogen (secondary N) is 2.